The van der Waals surface area contributed by atoms with Gasteiger partial charge in [-0.2, -0.15) is 0 Å². The zero-order valence-electron chi connectivity index (χ0n) is 9.47. The fraction of sp³-hybridized carbons (Fsp3) is 0.583. The van der Waals surface area contributed by atoms with Crippen molar-refractivity contribution in [1.29, 1.82) is 0 Å². The number of aromatic nitrogens is 1. The summed E-state index contributed by atoms with van der Waals surface area (Å²) in [5.74, 6) is 1.43. The topological polar surface area (TPSA) is 62.4 Å². The fourth-order valence-electron chi connectivity index (χ4n) is 2.27. The Morgan fingerprint density at radius 3 is 3.00 bits per heavy atom. The molecule has 4 heteroatoms. The molecule has 0 spiro atoms. The molecule has 1 aromatic rings. The summed E-state index contributed by atoms with van der Waals surface area (Å²) in [5, 5.41) is 9.42. The van der Waals surface area contributed by atoms with E-state index in [-0.39, 0.29) is 12.6 Å². The van der Waals surface area contributed by atoms with Gasteiger partial charge in [-0.15, -0.1) is 0 Å². The van der Waals surface area contributed by atoms with Gasteiger partial charge >= 0.3 is 0 Å². The Morgan fingerprint density at radius 1 is 1.38 bits per heavy atom. The summed E-state index contributed by atoms with van der Waals surface area (Å²) >= 11 is 0. The van der Waals surface area contributed by atoms with Gasteiger partial charge < -0.3 is 15.7 Å². The van der Waals surface area contributed by atoms with E-state index in [4.69, 9.17) is 5.73 Å². The van der Waals surface area contributed by atoms with Crippen LogP contribution >= 0.6 is 0 Å². The van der Waals surface area contributed by atoms with Crippen molar-refractivity contribution < 1.29 is 5.11 Å². The van der Waals surface area contributed by atoms with E-state index in [1.165, 1.54) is 12.8 Å². The van der Waals surface area contributed by atoms with Crippen molar-refractivity contribution in [2.45, 2.75) is 31.7 Å². The van der Waals surface area contributed by atoms with Gasteiger partial charge in [0.15, 0.2) is 0 Å². The van der Waals surface area contributed by atoms with Gasteiger partial charge in [0.1, 0.15) is 11.6 Å². The average molecular weight is 221 g/mol. The second-order valence-corrected chi connectivity index (χ2v) is 4.30. The van der Waals surface area contributed by atoms with Gasteiger partial charge in [0.2, 0.25) is 0 Å². The molecule has 1 unspecified atom stereocenters. The molecular weight excluding hydrogens is 202 g/mol. The Balaban J connectivity index is 2.21. The van der Waals surface area contributed by atoms with Gasteiger partial charge in [0.05, 0.1) is 12.6 Å². The molecule has 0 bridgehead atoms. The van der Waals surface area contributed by atoms with Gasteiger partial charge in [-0.3, -0.25) is 0 Å². The van der Waals surface area contributed by atoms with E-state index in [9.17, 15) is 5.11 Å². The first-order chi connectivity index (χ1) is 7.81. The molecule has 0 amide bonds. The minimum atomic E-state index is 0.191. The van der Waals surface area contributed by atoms with Crippen LogP contribution in [0, 0.1) is 0 Å². The molecule has 1 atom stereocenters. The summed E-state index contributed by atoms with van der Waals surface area (Å²) < 4.78 is 0. The molecule has 0 aliphatic carbocycles. The maximum atomic E-state index is 9.42. The molecule has 2 heterocycles. The Hall–Kier alpha value is -1.29. The van der Waals surface area contributed by atoms with Crippen molar-refractivity contribution in [2.24, 2.45) is 0 Å². The molecule has 1 saturated heterocycles. The van der Waals surface area contributed by atoms with Crippen LogP contribution in [0.3, 0.4) is 0 Å². The first kappa shape index (κ1) is 11.2. The quantitative estimate of drug-likeness (QED) is 0.792. The van der Waals surface area contributed by atoms with Crippen LogP contribution < -0.4 is 10.6 Å². The second-order valence-electron chi connectivity index (χ2n) is 4.30. The molecule has 1 fully saturated rings. The molecule has 3 N–H and O–H groups in total. The van der Waals surface area contributed by atoms with Crippen molar-refractivity contribution in [3.8, 4) is 0 Å². The molecule has 1 aromatic heterocycles. The van der Waals surface area contributed by atoms with Gasteiger partial charge in [0, 0.05) is 6.54 Å². The summed E-state index contributed by atoms with van der Waals surface area (Å²) in [6, 6.07) is 5.85. The van der Waals surface area contributed by atoms with E-state index in [0.29, 0.717) is 5.82 Å². The summed E-state index contributed by atoms with van der Waals surface area (Å²) in [6.07, 6.45) is 4.61. The maximum absolute atomic E-state index is 9.42. The molecule has 4 nitrogen and oxygen atoms in total. The molecule has 2 rings (SSSR count). The van der Waals surface area contributed by atoms with Crippen LogP contribution in [-0.4, -0.2) is 29.3 Å². The molecular formula is C12H19N3O. The highest BCUT2D eigenvalue weighted by molar-refractivity contribution is 5.45. The summed E-state index contributed by atoms with van der Waals surface area (Å²) in [4.78, 5) is 6.51. The molecule has 88 valence electrons. The number of pyridine rings is 1. The number of hydrogen-bond donors (Lipinski definition) is 2. The minimum absolute atomic E-state index is 0.191. The van der Waals surface area contributed by atoms with Gasteiger partial charge in [0.25, 0.3) is 0 Å². The zero-order chi connectivity index (χ0) is 11.4. The highest BCUT2D eigenvalue weighted by Gasteiger charge is 2.21. The highest BCUT2D eigenvalue weighted by Crippen LogP contribution is 2.22. The Bertz CT molecular complexity index is 343. The standard InChI is InChI=1S/C12H19N3O/c13-11-6-4-7-12(14-11)15-8-3-1-2-5-10(15)9-16/h4,6-7,10,16H,1-3,5,8-9H2,(H2,13,14). The molecule has 1 aliphatic rings. The van der Waals surface area contributed by atoms with Gasteiger partial charge in [-0.25, -0.2) is 4.98 Å². The van der Waals surface area contributed by atoms with Crippen molar-refractivity contribution in [3.05, 3.63) is 18.2 Å². The smallest absolute Gasteiger partial charge is 0.131 e. The van der Waals surface area contributed by atoms with Crippen LogP contribution in [0.2, 0.25) is 0 Å². The van der Waals surface area contributed by atoms with Gasteiger partial charge in [-0.1, -0.05) is 18.9 Å². The number of aliphatic hydroxyl groups excluding tert-OH is 1. The first-order valence-corrected chi connectivity index (χ1v) is 5.91. The van der Waals surface area contributed by atoms with Crippen LogP contribution in [0.4, 0.5) is 11.6 Å². The number of nitrogen functional groups attached to an aromatic ring is 1. The Labute approximate surface area is 96.1 Å². The summed E-state index contributed by atoms with van der Waals surface area (Å²) in [5.41, 5.74) is 5.69. The Kier molecular flexibility index (Phi) is 3.62. The third kappa shape index (κ3) is 2.44. The number of hydrogen-bond acceptors (Lipinski definition) is 4. The van der Waals surface area contributed by atoms with Crippen LogP contribution in [0.5, 0.6) is 0 Å². The van der Waals surface area contributed by atoms with Crippen LogP contribution in [0.25, 0.3) is 0 Å². The number of aliphatic hydroxyl groups is 1. The first-order valence-electron chi connectivity index (χ1n) is 5.91. The summed E-state index contributed by atoms with van der Waals surface area (Å²) in [6.45, 7) is 1.15. The predicted octanol–water partition coefficient (Wildman–Crippen LogP) is 1.41. The molecule has 0 radical (unpaired) electrons. The van der Waals surface area contributed by atoms with Crippen molar-refractivity contribution >= 4 is 11.6 Å². The number of nitrogens with two attached hydrogens (primary N) is 1. The summed E-state index contributed by atoms with van der Waals surface area (Å²) in [7, 11) is 0. The average Bonchev–Trinajstić information content (AvgIpc) is 2.53. The zero-order valence-corrected chi connectivity index (χ0v) is 9.47. The highest BCUT2D eigenvalue weighted by atomic mass is 16.3. The van der Waals surface area contributed by atoms with E-state index in [1.807, 2.05) is 12.1 Å². The number of anilines is 2. The monoisotopic (exact) mass is 221 g/mol. The second kappa shape index (κ2) is 5.16. The normalized spacial score (nSPS) is 21.8. The third-order valence-electron chi connectivity index (χ3n) is 3.14. The largest absolute Gasteiger partial charge is 0.394 e. The predicted molar refractivity (Wildman–Crippen MR) is 65.3 cm³/mol. The lowest BCUT2D eigenvalue weighted by Crippen LogP contribution is -2.38. The number of rotatable bonds is 2. The van der Waals surface area contributed by atoms with Crippen molar-refractivity contribution in [3.63, 3.8) is 0 Å². The molecule has 1 aliphatic heterocycles. The van der Waals surface area contributed by atoms with E-state index in [1.54, 1.807) is 6.07 Å². The van der Waals surface area contributed by atoms with E-state index in [0.717, 1.165) is 25.2 Å². The Morgan fingerprint density at radius 2 is 2.25 bits per heavy atom. The van der Waals surface area contributed by atoms with E-state index < -0.39 is 0 Å². The molecule has 16 heavy (non-hydrogen) atoms. The minimum Gasteiger partial charge on any atom is -0.394 e. The molecule has 0 saturated carbocycles. The lowest BCUT2D eigenvalue weighted by atomic mass is 10.1. The lowest BCUT2D eigenvalue weighted by molar-refractivity contribution is 0.254. The third-order valence-corrected chi connectivity index (χ3v) is 3.14. The number of nitrogens with zero attached hydrogens (tertiary/aromatic N) is 2. The maximum Gasteiger partial charge on any atom is 0.131 e. The van der Waals surface area contributed by atoms with Gasteiger partial charge in [-0.05, 0) is 25.0 Å². The van der Waals surface area contributed by atoms with Crippen LogP contribution in [0.15, 0.2) is 18.2 Å². The molecule has 0 aromatic carbocycles. The SMILES string of the molecule is Nc1cccc(N2CCCCCC2CO)n1. The van der Waals surface area contributed by atoms with Crippen LogP contribution in [0.1, 0.15) is 25.7 Å². The van der Waals surface area contributed by atoms with Crippen molar-refractivity contribution in [1.82, 2.24) is 4.98 Å². The van der Waals surface area contributed by atoms with Crippen LogP contribution in [-0.2, 0) is 0 Å². The van der Waals surface area contributed by atoms with E-state index >= 15 is 0 Å². The van der Waals surface area contributed by atoms with E-state index in [2.05, 4.69) is 9.88 Å². The van der Waals surface area contributed by atoms with Crippen molar-refractivity contribution in [2.75, 3.05) is 23.8 Å². The lowest BCUT2D eigenvalue weighted by Gasteiger charge is -2.29. The fourth-order valence-corrected chi connectivity index (χ4v) is 2.27.